The third-order valence-corrected chi connectivity index (χ3v) is 6.09. The zero-order valence-electron chi connectivity index (χ0n) is 19.2. The number of alkyl halides is 3. The van der Waals surface area contributed by atoms with Gasteiger partial charge in [0.25, 0.3) is 5.91 Å². The zero-order valence-corrected chi connectivity index (χ0v) is 19.2. The fourth-order valence-electron chi connectivity index (χ4n) is 4.28. The number of aliphatic carboxylic acids is 1. The number of carboxylic acid groups (broad SMARTS) is 1. The second-order valence-electron chi connectivity index (χ2n) is 8.62. The largest absolute Gasteiger partial charge is 0.481 e. The van der Waals surface area contributed by atoms with Gasteiger partial charge in [0.15, 0.2) is 5.69 Å². The van der Waals surface area contributed by atoms with E-state index in [9.17, 15) is 22.8 Å². The smallest absolute Gasteiger partial charge is 0.434 e. The van der Waals surface area contributed by atoms with Gasteiger partial charge in [-0.25, -0.2) is 15.0 Å². The molecule has 9 nitrogen and oxygen atoms in total. The van der Waals surface area contributed by atoms with Gasteiger partial charge in [-0.15, -0.1) is 0 Å². The Morgan fingerprint density at radius 3 is 2.33 bits per heavy atom. The van der Waals surface area contributed by atoms with Gasteiger partial charge in [-0.3, -0.25) is 14.2 Å². The lowest BCUT2D eigenvalue weighted by Gasteiger charge is -2.26. The van der Waals surface area contributed by atoms with E-state index in [0.717, 1.165) is 48.3 Å². The van der Waals surface area contributed by atoms with Gasteiger partial charge < -0.3 is 15.7 Å². The molecule has 1 fully saturated rings. The lowest BCUT2D eigenvalue weighted by molar-refractivity contribution is -0.141. The van der Waals surface area contributed by atoms with Crippen LogP contribution in [-0.2, 0) is 11.0 Å². The second-order valence-corrected chi connectivity index (χ2v) is 8.62. The number of carboxylic acids is 1. The number of halogens is 3. The first-order valence-electron chi connectivity index (χ1n) is 11.5. The van der Waals surface area contributed by atoms with Crippen molar-refractivity contribution < 1.29 is 27.9 Å². The first kappa shape index (κ1) is 25.1. The molecule has 4 rings (SSSR count). The van der Waals surface area contributed by atoms with Crippen molar-refractivity contribution in [1.82, 2.24) is 24.8 Å². The Morgan fingerprint density at radius 1 is 1.08 bits per heavy atom. The molecule has 1 saturated carbocycles. The van der Waals surface area contributed by atoms with Crippen LogP contribution in [0.5, 0.6) is 0 Å². The lowest BCUT2D eigenvalue weighted by atomic mass is 9.91. The summed E-state index contributed by atoms with van der Waals surface area (Å²) in [4.78, 5) is 34.6. The van der Waals surface area contributed by atoms with Crippen LogP contribution in [0.1, 0.15) is 59.8 Å². The number of carbonyl (C=O) groups excluding carboxylic acids is 1. The molecule has 3 aromatic rings. The molecule has 12 heteroatoms. The van der Waals surface area contributed by atoms with Crippen molar-refractivity contribution in [2.45, 2.75) is 44.3 Å². The van der Waals surface area contributed by atoms with Crippen molar-refractivity contribution in [2.75, 3.05) is 11.9 Å². The van der Waals surface area contributed by atoms with Crippen molar-refractivity contribution in [1.29, 1.82) is 0 Å². The highest BCUT2D eigenvalue weighted by molar-refractivity contribution is 5.94. The summed E-state index contributed by atoms with van der Waals surface area (Å²) in [5.41, 5.74) is 0.994. The van der Waals surface area contributed by atoms with E-state index < -0.39 is 17.8 Å². The molecule has 2 aromatic heterocycles. The Hall–Kier alpha value is -3.96. The molecule has 0 aliphatic heterocycles. The molecule has 1 aliphatic carbocycles. The molecule has 0 spiro atoms. The molecule has 1 aliphatic rings. The van der Waals surface area contributed by atoms with Gasteiger partial charge in [0.1, 0.15) is 6.33 Å². The Kier molecular flexibility index (Phi) is 7.51. The van der Waals surface area contributed by atoms with Gasteiger partial charge in [-0.2, -0.15) is 13.2 Å². The maximum Gasteiger partial charge on any atom is 0.434 e. The van der Waals surface area contributed by atoms with Crippen LogP contribution < -0.4 is 10.6 Å². The normalized spacial score (nSPS) is 15.0. The highest BCUT2D eigenvalue weighted by Gasteiger charge is 2.33. The van der Waals surface area contributed by atoms with Crippen LogP contribution in [0, 0.1) is 5.92 Å². The van der Waals surface area contributed by atoms with Crippen molar-refractivity contribution in [3.05, 3.63) is 66.0 Å². The lowest BCUT2D eigenvalue weighted by Crippen LogP contribution is -2.26. The van der Waals surface area contributed by atoms with Crippen LogP contribution in [0.25, 0.3) is 5.95 Å². The molecular formula is C24H25F3N6O3. The molecular weight excluding hydrogens is 477 g/mol. The van der Waals surface area contributed by atoms with Crippen LogP contribution in [-0.4, -0.2) is 43.0 Å². The molecule has 3 N–H and O–H groups in total. The molecule has 1 aromatic carbocycles. The molecule has 36 heavy (non-hydrogen) atoms. The second kappa shape index (κ2) is 10.8. The van der Waals surface area contributed by atoms with E-state index in [0.29, 0.717) is 17.2 Å². The summed E-state index contributed by atoms with van der Waals surface area (Å²) in [7, 11) is 0. The molecule has 1 unspecified atom stereocenters. The highest BCUT2D eigenvalue weighted by atomic mass is 19.4. The van der Waals surface area contributed by atoms with Gasteiger partial charge in [0.05, 0.1) is 30.5 Å². The minimum Gasteiger partial charge on any atom is -0.481 e. The van der Waals surface area contributed by atoms with Crippen molar-refractivity contribution in [2.24, 2.45) is 5.92 Å². The number of amides is 1. The number of carbonyl (C=O) groups is 2. The number of hydrogen-bond acceptors (Lipinski definition) is 6. The van der Waals surface area contributed by atoms with Crippen LogP contribution in [0.4, 0.5) is 18.9 Å². The van der Waals surface area contributed by atoms with Crippen molar-refractivity contribution in [3.8, 4) is 5.95 Å². The average molecular weight is 502 g/mol. The third kappa shape index (κ3) is 6.18. The van der Waals surface area contributed by atoms with Gasteiger partial charge in [0, 0.05) is 18.3 Å². The summed E-state index contributed by atoms with van der Waals surface area (Å²) in [5.74, 6) is -0.906. The summed E-state index contributed by atoms with van der Waals surface area (Å²) in [6.07, 6.45) is 4.49. The third-order valence-electron chi connectivity index (χ3n) is 6.09. The fraction of sp³-hybridized carbons (Fsp3) is 0.375. The zero-order chi connectivity index (χ0) is 25.7. The fourth-order valence-corrected chi connectivity index (χ4v) is 4.28. The minimum atomic E-state index is -4.55. The van der Waals surface area contributed by atoms with E-state index in [1.165, 1.54) is 12.4 Å². The molecule has 1 atom stereocenters. The maximum absolute atomic E-state index is 12.8. The number of imidazole rings is 1. The molecule has 0 bridgehead atoms. The van der Waals surface area contributed by atoms with Gasteiger partial charge in [0.2, 0.25) is 5.95 Å². The number of hydrogen-bond donors (Lipinski definition) is 3. The predicted octanol–water partition coefficient (Wildman–Crippen LogP) is 4.23. The van der Waals surface area contributed by atoms with Crippen molar-refractivity contribution in [3.63, 3.8) is 0 Å². The van der Waals surface area contributed by atoms with E-state index in [2.05, 4.69) is 25.6 Å². The summed E-state index contributed by atoms with van der Waals surface area (Å²) in [6.45, 7) is 0.0504. The van der Waals surface area contributed by atoms with Crippen LogP contribution in [0.2, 0.25) is 0 Å². The first-order chi connectivity index (χ1) is 17.2. The number of benzene rings is 1. The highest BCUT2D eigenvalue weighted by Crippen LogP contribution is 2.38. The molecule has 190 valence electrons. The number of aromatic nitrogens is 4. The topological polar surface area (TPSA) is 122 Å². The number of nitrogens with one attached hydrogen (secondary N) is 2. The summed E-state index contributed by atoms with van der Waals surface area (Å²) in [6, 6.07) is 7.05. The van der Waals surface area contributed by atoms with E-state index in [1.807, 2.05) is 12.1 Å². The Bertz CT molecular complexity index is 1190. The number of anilines is 1. The Morgan fingerprint density at radius 2 is 1.75 bits per heavy atom. The van der Waals surface area contributed by atoms with Gasteiger partial charge in [-0.05, 0) is 36.5 Å². The quantitative estimate of drug-likeness (QED) is 0.400. The first-order valence-corrected chi connectivity index (χ1v) is 11.5. The van der Waals surface area contributed by atoms with Crippen LogP contribution >= 0.6 is 0 Å². The van der Waals surface area contributed by atoms with E-state index in [1.54, 1.807) is 12.1 Å². The molecule has 1 amide bonds. The Labute approximate surface area is 204 Å². The Balaban J connectivity index is 1.47. The van der Waals surface area contributed by atoms with Crippen LogP contribution in [0.3, 0.4) is 0 Å². The predicted molar refractivity (Wildman–Crippen MR) is 124 cm³/mol. The van der Waals surface area contributed by atoms with Gasteiger partial charge >= 0.3 is 12.1 Å². The summed E-state index contributed by atoms with van der Waals surface area (Å²) in [5, 5.41) is 14.7. The SMILES string of the molecule is O=C(O)CCNC(=O)c1ccc(C(Nc2cnc(-n3cnc(C(F)(F)F)c3)nc2)C2CCCC2)cc1. The molecule has 0 saturated heterocycles. The standard InChI is InChI=1S/C24H25F3N6O3/c25-24(26,27)19-13-33(14-31-19)23-29-11-18(12-30-23)32-21(15-3-1-2-4-15)16-5-7-17(8-6-16)22(36)28-10-9-20(34)35/h5-8,11-15,21,32H,1-4,9-10H2,(H,28,36)(H,34,35). The van der Waals surface area contributed by atoms with E-state index in [4.69, 9.17) is 5.11 Å². The average Bonchev–Trinajstić information content (AvgIpc) is 3.55. The molecule has 0 radical (unpaired) electrons. The maximum atomic E-state index is 12.8. The van der Waals surface area contributed by atoms with E-state index >= 15 is 0 Å². The summed E-state index contributed by atoms with van der Waals surface area (Å²) < 4.78 is 39.6. The van der Waals surface area contributed by atoms with Gasteiger partial charge in [-0.1, -0.05) is 25.0 Å². The number of rotatable bonds is 9. The molecule has 2 heterocycles. The van der Waals surface area contributed by atoms with E-state index in [-0.39, 0.29) is 30.9 Å². The monoisotopic (exact) mass is 502 g/mol. The van der Waals surface area contributed by atoms with Crippen molar-refractivity contribution >= 4 is 17.6 Å². The minimum absolute atomic E-state index is 0.0504. The summed E-state index contributed by atoms with van der Waals surface area (Å²) >= 11 is 0. The number of nitrogens with zero attached hydrogens (tertiary/aromatic N) is 4. The van der Waals surface area contributed by atoms with Crippen LogP contribution in [0.15, 0.2) is 49.2 Å².